The molecule has 3 rings (SSSR count). The molecule has 1 aliphatic rings. The van der Waals surface area contributed by atoms with E-state index in [9.17, 15) is 4.79 Å². The number of aryl methyl sites for hydroxylation is 2. The Hall–Kier alpha value is -2.17. The Morgan fingerprint density at radius 3 is 2.42 bits per heavy atom. The summed E-state index contributed by atoms with van der Waals surface area (Å²) in [6.45, 7) is 3.93. The van der Waals surface area contributed by atoms with Crippen molar-refractivity contribution < 1.29 is 19.4 Å². The smallest absolute Gasteiger partial charge is 0.335 e. The summed E-state index contributed by atoms with van der Waals surface area (Å²) in [4.78, 5) is 11.0. The molecule has 1 heterocycles. The maximum Gasteiger partial charge on any atom is 0.335 e. The number of benzene rings is 2. The van der Waals surface area contributed by atoms with Gasteiger partial charge in [-0.25, -0.2) is 4.79 Å². The normalized spacial score (nSPS) is 12.9. The molecule has 0 aliphatic carbocycles. The molecule has 0 unspecified atom stereocenters. The summed E-state index contributed by atoms with van der Waals surface area (Å²) < 4.78 is 11.3. The predicted molar refractivity (Wildman–Crippen MR) is 93.6 cm³/mol. The molecular formula is C18H14Cl2O4. The van der Waals surface area contributed by atoms with E-state index < -0.39 is 5.97 Å². The molecule has 124 valence electrons. The number of ether oxygens (including phenoxy) is 2. The fourth-order valence-electron chi connectivity index (χ4n) is 2.33. The lowest BCUT2D eigenvalue weighted by molar-refractivity contribution is -0.132. The maximum atomic E-state index is 11.0. The highest BCUT2D eigenvalue weighted by molar-refractivity contribution is 6.33. The van der Waals surface area contributed by atoms with Gasteiger partial charge in [0, 0.05) is 11.6 Å². The number of carboxylic acids is 1. The molecule has 2 aromatic rings. The molecule has 24 heavy (non-hydrogen) atoms. The Morgan fingerprint density at radius 2 is 1.71 bits per heavy atom. The Kier molecular flexibility index (Phi) is 4.43. The van der Waals surface area contributed by atoms with E-state index in [1.165, 1.54) is 0 Å². The highest BCUT2D eigenvalue weighted by atomic mass is 35.5. The van der Waals surface area contributed by atoms with Crippen molar-refractivity contribution >= 4 is 35.2 Å². The summed E-state index contributed by atoms with van der Waals surface area (Å²) in [6.07, 6.45) is 1.54. The van der Waals surface area contributed by atoms with Crippen molar-refractivity contribution in [3.05, 3.63) is 56.6 Å². The van der Waals surface area contributed by atoms with E-state index in [-0.39, 0.29) is 12.2 Å². The van der Waals surface area contributed by atoms with Crippen LogP contribution in [0.1, 0.15) is 16.7 Å². The van der Waals surface area contributed by atoms with E-state index in [0.717, 1.165) is 11.1 Å². The molecule has 0 spiro atoms. The second-order valence-electron chi connectivity index (χ2n) is 5.55. The monoisotopic (exact) mass is 364 g/mol. The Bertz CT molecular complexity index is 872. The van der Waals surface area contributed by atoms with Gasteiger partial charge in [0.05, 0.1) is 15.6 Å². The number of aliphatic carboxylic acids is 1. The number of carboxylic acid groups (broad SMARTS) is 1. The van der Waals surface area contributed by atoms with Crippen molar-refractivity contribution in [2.75, 3.05) is 6.61 Å². The molecule has 0 saturated carbocycles. The van der Waals surface area contributed by atoms with Crippen LogP contribution in [0, 0.1) is 13.8 Å². The van der Waals surface area contributed by atoms with Crippen molar-refractivity contribution in [2.45, 2.75) is 13.8 Å². The second kappa shape index (κ2) is 6.38. The Labute approximate surface area is 149 Å². The van der Waals surface area contributed by atoms with Crippen LogP contribution in [-0.4, -0.2) is 17.7 Å². The Balaban J connectivity index is 1.97. The number of carbonyl (C=O) groups is 1. The summed E-state index contributed by atoms with van der Waals surface area (Å²) >= 11 is 12.5. The molecule has 0 amide bonds. The van der Waals surface area contributed by atoms with Crippen LogP contribution in [0.5, 0.6) is 17.2 Å². The van der Waals surface area contributed by atoms with Crippen LogP contribution in [0.25, 0.3) is 6.08 Å². The molecule has 0 radical (unpaired) electrons. The minimum Gasteiger partial charge on any atom is -0.488 e. The summed E-state index contributed by atoms with van der Waals surface area (Å²) in [6, 6.07) is 6.93. The van der Waals surface area contributed by atoms with Crippen LogP contribution in [-0.2, 0) is 4.79 Å². The summed E-state index contributed by atoms with van der Waals surface area (Å²) in [5, 5.41) is 9.87. The van der Waals surface area contributed by atoms with Gasteiger partial charge < -0.3 is 14.6 Å². The lowest BCUT2D eigenvalue weighted by atomic mass is 10.1. The number of hydrogen-bond donors (Lipinski definition) is 1. The van der Waals surface area contributed by atoms with Gasteiger partial charge in [-0.2, -0.15) is 0 Å². The quantitative estimate of drug-likeness (QED) is 0.806. The molecule has 1 N–H and O–H groups in total. The Morgan fingerprint density at radius 1 is 1.08 bits per heavy atom. The fraction of sp³-hybridized carbons (Fsp3) is 0.167. The molecule has 0 fully saturated rings. The fourth-order valence-corrected chi connectivity index (χ4v) is 2.79. The van der Waals surface area contributed by atoms with Crippen LogP contribution < -0.4 is 9.47 Å². The van der Waals surface area contributed by atoms with Crippen LogP contribution in [0.3, 0.4) is 0 Å². The first-order valence-corrected chi connectivity index (χ1v) is 7.95. The van der Waals surface area contributed by atoms with Gasteiger partial charge in [0.2, 0.25) is 0 Å². The van der Waals surface area contributed by atoms with Crippen LogP contribution in [0.2, 0.25) is 10.0 Å². The average Bonchev–Trinajstić information content (AvgIpc) is 2.52. The minimum absolute atomic E-state index is 0.00615. The van der Waals surface area contributed by atoms with E-state index in [0.29, 0.717) is 32.9 Å². The van der Waals surface area contributed by atoms with E-state index in [4.69, 9.17) is 37.8 Å². The van der Waals surface area contributed by atoms with E-state index >= 15 is 0 Å². The number of halogens is 2. The van der Waals surface area contributed by atoms with Crippen LogP contribution >= 0.6 is 23.2 Å². The molecule has 0 atom stereocenters. The molecule has 0 bridgehead atoms. The van der Waals surface area contributed by atoms with Crippen molar-refractivity contribution in [1.29, 1.82) is 0 Å². The van der Waals surface area contributed by atoms with Gasteiger partial charge in [0.25, 0.3) is 0 Å². The van der Waals surface area contributed by atoms with E-state index in [1.54, 1.807) is 18.2 Å². The SMILES string of the molecule is Cc1cc(Cl)c(Oc2cc3c(cc2Cl)C=C(C(=O)O)CO3)cc1C. The number of hydrogen-bond acceptors (Lipinski definition) is 3. The van der Waals surface area contributed by atoms with Gasteiger partial charge in [0.15, 0.2) is 0 Å². The van der Waals surface area contributed by atoms with Crippen LogP contribution in [0.15, 0.2) is 29.8 Å². The van der Waals surface area contributed by atoms with E-state index in [1.807, 2.05) is 26.0 Å². The third-order valence-corrected chi connectivity index (χ3v) is 4.41. The molecule has 0 aromatic heterocycles. The molecular weight excluding hydrogens is 351 g/mol. The van der Waals surface area contributed by atoms with Gasteiger partial charge in [-0.15, -0.1) is 0 Å². The van der Waals surface area contributed by atoms with E-state index in [2.05, 4.69) is 0 Å². The van der Waals surface area contributed by atoms with Gasteiger partial charge in [-0.3, -0.25) is 0 Å². The van der Waals surface area contributed by atoms with Gasteiger partial charge in [-0.1, -0.05) is 23.2 Å². The number of rotatable bonds is 3. The lowest BCUT2D eigenvalue weighted by Crippen LogP contribution is -2.14. The molecule has 2 aromatic carbocycles. The average molecular weight is 365 g/mol. The zero-order chi connectivity index (χ0) is 17.4. The van der Waals surface area contributed by atoms with Crippen molar-refractivity contribution in [3.8, 4) is 17.2 Å². The van der Waals surface area contributed by atoms with Crippen molar-refractivity contribution in [3.63, 3.8) is 0 Å². The summed E-state index contributed by atoms with van der Waals surface area (Å²) in [5.41, 5.74) is 2.89. The minimum atomic E-state index is -1.01. The molecule has 1 aliphatic heterocycles. The van der Waals surface area contributed by atoms with Crippen molar-refractivity contribution in [2.24, 2.45) is 0 Å². The molecule has 0 saturated heterocycles. The van der Waals surface area contributed by atoms with Crippen LogP contribution in [0.4, 0.5) is 0 Å². The largest absolute Gasteiger partial charge is 0.488 e. The van der Waals surface area contributed by atoms with Gasteiger partial charge in [0.1, 0.15) is 23.9 Å². The zero-order valence-corrected chi connectivity index (χ0v) is 14.5. The second-order valence-corrected chi connectivity index (χ2v) is 6.37. The molecule has 4 nitrogen and oxygen atoms in total. The highest BCUT2D eigenvalue weighted by Crippen LogP contribution is 2.40. The highest BCUT2D eigenvalue weighted by Gasteiger charge is 2.19. The molecule has 6 heteroatoms. The first-order valence-electron chi connectivity index (χ1n) is 7.20. The van der Waals surface area contributed by atoms with Gasteiger partial charge >= 0.3 is 5.97 Å². The summed E-state index contributed by atoms with van der Waals surface area (Å²) in [5.74, 6) is 0.394. The maximum absolute atomic E-state index is 11.0. The first-order chi connectivity index (χ1) is 11.3. The first kappa shape index (κ1) is 16.7. The standard InChI is InChI=1S/C18H14Cl2O4/c1-9-3-13(19)16(4-10(9)2)24-17-7-15-11(6-14(17)20)5-12(8-23-15)18(21)22/h3-7H,8H2,1-2H3,(H,21,22). The predicted octanol–water partition coefficient (Wildman–Crippen LogP) is 5.26. The zero-order valence-electron chi connectivity index (χ0n) is 13.0. The summed E-state index contributed by atoms with van der Waals surface area (Å²) in [7, 11) is 0. The third-order valence-electron chi connectivity index (χ3n) is 3.82. The lowest BCUT2D eigenvalue weighted by Gasteiger charge is -2.18. The third kappa shape index (κ3) is 3.21. The topological polar surface area (TPSA) is 55.8 Å². The van der Waals surface area contributed by atoms with Crippen molar-refractivity contribution in [1.82, 2.24) is 0 Å². The number of fused-ring (bicyclic) bond motifs is 1. The van der Waals surface area contributed by atoms with Gasteiger partial charge in [-0.05, 0) is 49.2 Å².